The largest absolute Gasteiger partial charge is 0.393 e. The quantitative estimate of drug-likeness (QED) is 0.559. The number of rotatable bonds is 4. The van der Waals surface area contributed by atoms with Gasteiger partial charge in [-0.1, -0.05) is 30.3 Å². The lowest BCUT2D eigenvalue weighted by Gasteiger charge is -2.33. The maximum Gasteiger partial charge on any atom is 0.181 e. The van der Waals surface area contributed by atoms with Gasteiger partial charge in [0.15, 0.2) is 11.6 Å². The summed E-state index contributed by atoms with van der Waals surface area (Å²) in [6.45, 7) is 1.71. The summed E-state index contributed by atoms with van der Waals surface area (Å²) in [5.74, 6) is 2.66. The van der Waals surface area contributed by atoms with Crippen LogP contribution in [0.1, 0.15) is 24.6 Å². The van der Waals surface area contributed by atoms with E-state index in [1.54, 1.807) is 17.2 Å². The highest BCUT2D eigenvalue weighted by Gasteiger charge is 2.26. The van der Waals surface area contributed by atoms with Gasteiger partial charge in [-0.3, -0.25) is 0 Å². The molecule has 1 aliphatic heterocycles. The fourth-order valence-electron chi connectivity index (χ4n) is 3.91. The molecule has 1 saturated heterocycles. The maximum atomic E-state index is 6.42. The zero-order chi connectivity index (χ0) is 19.6. The predicted molar refractivity (Wildman–Crippen MR) is 112 cm³/mol. The maximum absolute atomic E-state index is 6.42. The summed E-state index contributed by atoms with van der Waals surface area (Å²) in [4.78, 5) is 19.2. The van der Waals surface area contributed by atoms with Gasteiger partial charge >= 0.3 is 0 Å². The van der Waals surface area contributed by atoms with E-state index >= 15 is 0 Å². The van der Waals surface area contributed by atoms with Crippen LogP contribution in [0, 0.1) is 0 Å². The highest BCUT2D eigenvalue weighted by molar-refractivity contribution is 5.70. The van der Waals surface area contributed by atoms with Gasteiger partial charge in [-0.05, 0) is 24.5 Å². The standard InChI is InChI=1S/C21H22N8/c22-18-20(24-14-25-21(18)29-11-5-9-26-29)28-10-4-8-16(13-28)19-23-12-17(27-19)15-6-2-1-3-7-15/h1-3,5-7,9,11-12,14,16H,4,8,10,13,22H2,(H,23,27). The van der Waals surface area contributed by atoms with Gasteiger partial charge in [-0.15, -0.1) is 0 Å². The first-order valence-electron chi connectivity index (χ1n) is 9.75. The number of aromatic nitrogens is 6. The van der Waals surface area contributed by atoms with Crippen LogP contribution < -0.4 is 10.6 Å². The van der Waals surface area contributed by atoms with Gasteiger partial charge in [0.25, 0.3) is 0 Å². The molecule has 4 heterocycles. The molecule has 5 rings (SSSR count). The number of imidazole rings is 1. The molecule has 4 aromatic rings. The lowest BCUT2D eigenvalue weighted by molar-refractivity contribution is 0.492. The van der Waals surface area contributed by atoms with Crippen molar-refractivity contribution in [3.8, 4) is 17.1 Å². The second-order valence-electron chi connectivity index (χ2n) is 7.22. The number of H-pyrrole nitrogens is 1. The molecule has 1 aliphatic rings. The molecule has 0 bridgehead atoms. The van der Waals surface area contributed by atoms with Crippen LogP contribution in [0.3, 0.4) is 0 Å². The van der Waals surface area contributed by atoms with Crippen molar-refractivity contribution in [2.24, 2.45) is 0 Å². The topological polar surface area (TPSA) is 102 Å². The minimum Gasteiger partial charge on any atom is -0.393 e. The molecule has 29 heavy (non-hydrogen) atoms. The van der Waals surface area contributed by atoms with E-state index < -0.39 is 0 Å². The molecule has 0 spiro atoms. The molecule has 1 atom stereocenters. The highest BCUT2D eigenvalue weighted by atomic mass is 15.3. The third-order valence-corrected chi connectivity index (χ3v) is 5.35. The molecule has 0 radical (unpaired) electrons. The molecule has 1 fully saturated rings. The van der Waals surface area contributed by atoms with E-state index in [2.05, 4.69) is 42.1 Å². The summed E-state index contributed by atoms with van der Waals surface area (Å²) >= 11 is 0. The van der Waals surface area contributed by atoms with E-state index in [1.165, 1.54) is 0 Å². The zero-order valence-electron chi connectivity index (χ0n) is 15.9. The second kappa shape index (κ2) is 7.38. The van der Waals surface area contributed by atoms with Crippen LogP contribution in [-0.4, -0.2) is 42.8 Å². The van der Waals surface area contributed by atoms with E-state index in [1.807, 2.05) is 36.7 Å². The summed E-state index contributed by atoms with van der Waals surface area (Å²) < 4.78 is 1.67. The van der Waals surface area contributed by atoms with Crippen LogP contribution in [0.25, 0.3) is 17.1 Å². The van der Waals surface area contributed by atoms with Gasteiger partial charge in [0.05, 0.1) is 11.9 Å². The Morgan fingerprint density at radius 3 is 2.72 bits per heavy atom. The third kappa shape index (κ3) is 3.33. The average Bonchev–Trinajstić information content (AvgIpc) is 3.47. The molecule has 1 aromatic carbocycles. The monoisotopic (exact) mass is 386 g/mol. The first-order valence-corrected chi connectivity index (χ1v) is 9.75. The SMILES string of the molecule is Nc1c(N2CCCC(c3ncc(-c4ccccc4)[nH]3)C2)ncnc1-n1cccn1. The minimum atomic E-state index is 0.295. The Hall–Kier alpha value is -3.68. The molecular weight excluding hydrogens is 364 g/mol. The Morgan fingerprint density at radius 2 is 1.90 bits per heavy atom. The smallest absolute Gasteiger partial charge is 0.181 e. The lowest BCUT2D eigenvalue weighted by Crippen LogP contribution is -2.36. The van der Waals surface area contributed by atoms with Gasteiger partial charge in [0.2, 0.25) is 0 Å². The van der Waals surface area contributed by atoms with E-state index in [-0.39, 0.29) is 0 Å². The first-order chi connectivity index (χ1) is 14.3. The number of hydrogen-bond acceptors (Lipinski definition) is 6. The molecule has 0 saturated carbocycles. The predicted octanol–water partition coefficient (Wildman–Crippen LogP) is 3.02. The third-order valence-electron chi connectivity index (χ3n) is 5.35. The van der Waals surface area contributed by atoms with Crippen LogP contribution in [0.5, 0.6) is 0 Å². The van der Waals surface area contributed by atoms with Crippen molar-refractivity contribution >= 4 is 11.5 Å². The van der Waals surface area contributed by atoms with Crippen molar-refractivity contribution in [2.45, 2.75) is 18.8 Å². The molecule has 3 aromatic heterocycles. The number of nitrogens with two attached hydrogens (primary N) is 1. The van der Waals surface area contributed by atoms with E-state index in [0.29, 0.717) is 17.4 Å². The number of aromatic amines is 1. The van der Waals surface area contributed by atoms with Crippen LogP contribution >= 0.6 is 0 Å². The van der Waals surface area contributed by atoms with Crippen molar-refractivity contribution in [1.29, 1.82) is 0 Å². The van der Waals surface area contributed by atoms with Crippen molar-refractivity contribution in [3.05, 3.63) is 67.1 Å². The summed E-state index contributed by atoms with van der Waals surface area (Å²) in [5, 5.41) is 4.24. The Bertz CT molecular complexity index is 1090. The van der Waals surface area contributed by atoms with Crippen molar-refractivity contribution < 1.29 is 0 Å². The molecule has 8 nitrogen and oxygen atoms in total. The Kier molecular flexibility index (Phi) is 4.44. The number of hydrogen-bond donors (Lipinski definition) is 2. The van der Waals surface area contributed by atoms with Crippen LogP contribution in [0.2, 0.25) is 0 Å². The normalized spacial score (nSPS) is 16.8. The summed E-state index contributed by atoms with van der Waals surface area (Å²) in [6.07, 6.45) is 9.13. The van der Waals surface area contributed by atoms with Crippen LogP contribution in [0.15, 0.2) is 61.3 Å². The average molecular weight is 386 g/mol. The summed E-state index contributed by atoms with van der Waals surface area (Å²) in [7, 11) is 0. The van der Waals surface area contributed by atoms with Gasteiger partial charge in [0.1, 0.15) is 17.8 Å². The van der Waals surface area contributed by atoms with Crippen molar-refractivity contribution in [1.82, 2.24) is 29.7 Å². The lowest BCUT2D eigenvalue weighted by atomic mass is 9.97. The summed E-state index contributed by atoms with van der Waals surface area (Å²) in [6, 6.07) is 12.1. The second-order valence-corrected chi connectivity index (χ2v) is 7.22. The molecular formula is C21H22N8. The van der Waals surface area contributed by atoms with E-state index in [4.69, 9.17) is 5.73 Å². The van der Waals surface area contributed by atoms with Gasteiger partial charge in [-0.25, -0.2) is 19.6 Å². The Balaban J connectivity index is 1.39. The molecule has 1 unspecified atom stereocenters. The fourth-order valence-corrected chi connectivity index (χ4v) is 3.91. The van der Waals surface area contributed by atoms with E-state index in [0.717, 1.165) is 48.8 Å². The highest BCUT2D eigenvalue weighted by Crippen LogP contribution is 2.32. The summed E-state index contributed by atoms with van der Waals surface area (Å²) in [5.41, 5.74) is 9.14. The Labute approximate surface area is 168 Å². The zero-order valence-corrected chi connectivity index (χ0v) is 15.9. The molecule has 146 valence electrons. The van der Waals surface area contributed by atoms with Gasteiger partial charge in [-0.2, -0.15) is 5.10 Å². The van der Waals surface area contributed by atoms with Gasteiger partial charge in [0, 0.05) is 31.4 Å². The number of nitrogens with zero attached hydrogens (tertiary/aromatic N) is 6. The fraction of sp³-hybridized carbons (Fsp3) is 0.238. The van der Waals surface area contributed by atoms with Crippen LogP contribution in [0.4, 0.5) is 11.5 Å². The number of anilines is 2. The molecule has 8 heteroatoms. The first kappa shape index (κ1) is 17.4. The Morgan fingerprint density at radius 1 is 1.03 bits per heavy atom. The van der Waals surface area contributed by atoms with E-state index in [9.17, 15) is 0 Å². The number of piperidine rings is 1. The molecule has 3 N–H and O–H groups in total. The number of nitrogen functional groups attached to an aromatic ring is 1. The minimum absolute atomic E-state index is 0.295. The van der Waals surface area contributed by atoms with Crippen molar-refractivity contribution in [3.63, 3.8) is 0 Å². The molecule has 0 aliphatic carbocycles. The number of benzene rings is 1. The van der Waals surface area contributed by atoms with Crippen LogP contribution in [-0.2, 0) is 0 Å². The number of nitrogens with one attached hydrogen (secondary N) is 1. The van der Waals surface area contributed by atoms with Crippen molar-refractivity contribution in [2.75, 3.05) is 23.7 Å². The van der Waals surface area contributed by atoms with Gasteiger partial charge < -0.3 is 15.6 Å². The molecule has 0 amide bonds.